The van der Waals surface area contributed by atoms with Crippen molar-refractivity contribution in [1.82, 2.24) is 15.0 Å². The minimum Gasteiger partial charge on any atom is -0.490 e. The first-order valence-electron chi connectivity index (χ1n) is 8.40. The van der Waals surface area contributed by atoms with Gasteiger partial charge in [0.15, 0.2) is 12.0 Å². The summed E-state index contributed by atoms with van der Waals surface area (Å²) in [6.07, 6.45) is 1.20. The highest BCUT2D eigenvalue weighted by Crippen LogP contribution is 2.31. The summed E-state index contributed by atoms with van der Waals surface area (Å²) in [7, 11) is 0. The van der Waals surface area contributed by atoms with E-state index in [1.807, 2.05) is 38.1 Å². The maximum absolute atomic E-state index is 12.8. The number of ether oxygens (including phenoxy) is 3. The summed E-state index contributed by atoms with van der Waals surface area (Å²) < 4.78 is 18.1. The van der Waals surface area contributed by atoms with Gasteiger partial charge in [-0.2, -0.15) is 0 Å². The van der Waals surface area contributed by atoms with Crippen LogP contribution in [0.4, 0.5) is 5.69 Å². The van der Waals surface area contributed by atoms with Crippen LogP contribution in [0.1, 0.15) is 24.3 Å². The van der Waals surface area contributed by atoms with Crippen molar-refractivity contribution < 1.29 is 19.0 Å². The fraction of sp³-hybridized carbons (Fsp3) is 0.471. The van der Waals surface area contributed by atoms with Gasteiger partial charge in [0.25, 0.3) is 5.91 Å². The number of nitrogens with zero attached hydrogens (tertiary/aromatic N) is 4. The predicted octanol–water partition coefficient (Wildman–Crippen LogP) is 1.72. The van der Waals surface area contributed by atoms with E-state index in [0.717, 1.165) is 5.69 Å². The molecule has 1 aliphatic rings. The zero-order valence-corrected chi connectivity index (χ0v) is 14.4. The van der Waals surface area contributed by atoms with Crippen LogP contribution in [-0.2, 0) is 16.0 Å². The highest BCUT2D eigenvalue weighted by Gasteiger charge is 2.26. The Kier molecular flexibility index (Phi) is 5.62. The quantitative estimate of drug-likeness (QED) is 0.710. The summed E-state index contributed by atoms with van der Waals surface area (Å²) >= 11 is 0. The van der Waals surface area contributed by atoms with E-state index in [1.165, 1.54) is 0 Å². The molecule has 0 unspecified atom stereocenters. The third-order valence-corrected chi connectivity index (χ3v) is 3.77. The molecular formula is C17H22N4O4. The molecule has 134 valence electrons. The molecule has 3 rings (SSSR count). The van der Waals surface area contributed by atoms with Crippen molar-refractivity contribution in [2.75, 3.05) is 31.3 Å². The molecule has 0 aliphatic carbocycles. The number of rotatable bonds is 7. The summed E-state index contributed by atoms with van der Waals surface area (Å²) in [5.74, 6) is 0.494. The molecule has 1 aromatic carbocycles. The monoisotopic (exact) mass is 346 g/mol. The number of carbonyl (C=O) groups excluding carboxylic acids is 1. The van der Waals surface area contributed by atoms with Gasteiger partial charge in [-0.25, -0.2) is 4.68 Å². The van der Waals surface area contributed by atoms with E-state index in [4.69, 9.17) is 14.2 Å². The number of benzene rings is 1. The van der Waals surface area contributed by atoms with E-state index in [9.17, 15) is 4.79 Å². The number of para-hydroxylation sites is 2. The number of anilines is 1. The Morgan fingerprint density at radius 3 is 2.80 bits per heavy atom. The average molecular weight is 346 g/mol. The minimum atomic E-state index is -0.413. The molecule has 0 radical (unpaired) electrons. The van der Waals surface area contributed by atoms with E-state index in [2.05, 4.69) is 10.3 Å². The van der Waals surface area contributed by atoms with E-state index in [1.54, 1.807) is 15.8 Å². The lowest BCUT2D eigenvalue weighted by molar-refractivity contribution is -0.145. The number of hydrogen-bond donors (Lipinski definition) is 0. The molecule has 0 spiro atoms. The first-order valence-corrected chi connectivity index (χ1v) is 8.40. The Morgan fingerprint density at radius 2 is 2.04 bits per heavy atom. The van der Waals surface area contributed by atoms with Gasteiger partial charge in [0, 0.05) is 13.2 Å². The predicted molar refractivity (Wildman–Crippen MR) is 90.7 cm³/mol. The maximum Gasteiger partial charge on any atom is 0.280 e. The molecule has 1 aliphatic heterocycles. The molecule has 25 heavy (non-hydrogen) atoms. The fourth-order valence-electron chi connectivity index (χ4n) is 2.68. The van der Waals surface area contributed by atoms with Crippen molar-refractivity contribution in [2.24, 2.45) is 0 Å². The molecule has 0 N–H and O–H groups in total. The Labute approximate surface area is 146 Å². The van der Waals surface area contributed by atoms with E-state index in [-0.39, 0.29) is 11.6 Å². The van der Waals surface area contributed by atoms with Gasteiger partial charge in [0.05, 0.1) is 25.0 Å². The van der Waals surface area contributed by atoms with E-state index < -0.39 is 6.29 Å². The van der Waals surface area contributed by atoms with Gasteiger partial charge < -0.3 is 14.2 Å². The van der Waals surface area contributed by atoms with Crippen LogP contribution in [0, 0.1) is 0 Å². The van der Waals surface area contributed by atoms with Crippen LogP contribution in [0.15, 0.2) is 30.5 Å². The Hall–Kier alpha value is -2.45. The average Bonchev–Trinajstić information content (AvgIpc) is 3.09. The van der Waals surface area contributed by atoms with Crippen LogP contribution in [0.3, 0.4) is 0 Å². The van der Waals surface area contributed by atoms with Gasteiger partial charge in [-0.3, -0.25) is 9.69 Å². The molecule has 0 fully saturated rings. The summed E-state index contributed by atoms with van der Waals surface area (Å²) in [6.45, 7) is 6.18. The van der Waals surface area contributed by atoms with Gasteiger partial charge in [-0.15, -0.1) is 5.10 Å². The fourth-order valence-corrected chi connectivity index (χ4v) is 2.68. The van der Waals surface area contributed by atoms with Crippen LogP contribution >= 0.6 is 0 Å². The van der Waals surface area contributed by atoms with E-state index >= 15 is 0 Å². The summed E-state index contributed by atoms with van der Waals surface area (Å²) in [5, 5.41) is 8.03. The lowest BCUT2D eigenvalue weighted by atomic mass is 10.2. The number of amides is 1. The SMILES string of the molecule is CCOC(Cn1cc(C(=O)N2CCOc3ccccc32)nn1)OCC. The van der Waals surface area contributed by atoms with Gasteiger partial charge in [0.2, 0.25) is 0 Å². The Balaban J connectivity index is 1.73. The normalized spacial score (nSPS) is 13.6. The van der Waals surface area contributed by atoms with Crippen molar-refractivity contribution in [3.05, 3.63) is 36.2 Å². The van der Waals surface area contributed by atoms with Crippen LogP contribution in [0.5, 0.6) is 5.75 Å². The number of carbonyl (C=O) groups is 1. The van der Waals surface area contributed by atoms with Crippen molar-refractivity contribution in [1.29, 1.82) is 0 Å². The molecule has 0 bridgehead atoms. The van der Waals surface area contributed by atoms with Crippen LogP contribution in [0.2, 0.25) is 0 Å². The lowest BCUT2D eigenvalue weighted by Crippen LogP contribution is -2.38. The smallest absolute Gasteiger partial charge is 0.280 e. The minimum absolute atomic E-state index is 0.202. The first-order chi connectivity index (χ1) is 12.2. The summed E-state index contributed by atoms with van der Waals surface area (Å²) in [4.78, 5) is 14.5. The van der Waals surface area contributed by atoms with Crippen molar-refractivity contribution >= 4 is 11.6 Å². The molecule has 0 atom stereocenters. The zero-order valence-electron chi connectivity index (χ0n) is 14.4. The van der Waals surface area contributed by atoms with Gasteiger partial charge in [0.1, 0.15) is 12.4 Å². The zero-order chi connectivity index (χ0) is 17.6. The summed E-state index contributed by atoms with van der Waals surface area (Å²) in [5.41, 5.74) is 1.03. The molecule has 1 aromatic heterocycles. The lowest BCUT2D eigenvalue weighted by Gasteiger charge is -2.28. The molecular weight excluding hydrogens is 324 g/mol. The van der Waals surface area contributed by atoms with Crippen LogP contribution in [-0.4, -0.2) is 53.6 Å². The van der Waals surface area contributed by atoms with Crippen LogP contribution in [0.25, 0.3) is 0 Å². The molecule has 1 amide bonds. The standard InChI is InChI=1S/C17H22N4O4/c1-3-23-16(24-4-2)12-20-11-13(18-19-20)17(22)21-9-10-25-15-8-6-5-7-14(15)21/h5-8,11,16H,3-4,9-10,12H2,1-2H3. The second kappa shape index (κ2) is 8.09. The molecule has 8 nitrogen and oxygen atoms in total. The second-order valence-electron chi connectivity index (χ2n) is 5.44. The topological polar surface area (TPSA) is 78.7 Å². The van der Waals surface area contributed by atoms with E-state index in [0.29, 0.717) is 38.7 Å². The molecule has 8 heteroatoms. The highest BCUT2D eigenvalue weighted by atomic mass is 16.7. The maximum atomic E-state index is 12.8. The van der Waals surface area contributed by atoms with Crippen molar-refractivity contribution in [3.63, 3.8) is 0 Å². The summed E-state index contributed by atoms with van der Waals surface area (Å²) in [6, 6.07) is 7.46. The molecule has 0 saturated heterocycles. The molecule has 2 heterocycles. The third kappa shape index (κ3) is 3.97. The van der Waals surface area contributed by atoms with Gasteiger partial charge >= 0.3 is 0 Å². The highest BCUT2D eigenvalue weighted by molar-refractivity contribution is 6.05. The van der Waals surface area contributed by atoms with Gasteiger partial charge in [-0.05, 0) is 26.0 Å². The van der Waals surface area contributed by atoms with Crippen LogP contribution < -0.4 is 9.64 Å². The van der Waals surface area contributed by atoms with Gasteiger partial charge in [-0.1, -0.05) is 17.3 Å². The number of aromatic nitrogens is 3. The Morgan fingerprint density at radius 1 is 1.28 bits per heavy atom. The third-order valence-electron chi connectivity index (χ3n) is 3.77. The second-order valence-corrected chi connectivity index (χ2v) is 5.44. The van der Waals surface area contributed by atoms with Crippen molar-refractivity contribution in [3.8, 4) is 5.75 Å². The number of hydrogen-bond acceptors (Lipinski definition) is 6. The Bertz CT molecular complexity index is 712. The number of fused-ring (bicyclic) bond motifs is 1. The first kappa shape index (κ1) is 17.4. The largest absolute Gasteiger partial charge is 0.490 e. The molecule has 0 saturated carbocycles. The molecule has 2 aromatic rings. The van der Waals surface area contributed by atoms with Crippen molar-refractivity contribution in [2.45, 2.75) is 26.7 Å².